The molecule has 1 aromatic carbocycles. The second kappa shape index (κ2) is 7.39. The Morgan fingerprint density at radius 3 is 3.09 bits per heavy atom. The minimum absolute atomic E-state index is 0.111. The molecule has 6 heteroatoms. The molecule has 1 amide bonds. The van der Waals surface area contributed by atoms with Crippen LogP contribution in [-0.2, 0) is 4.79 Å². The van der Waals surface area contributed by atoms with Crippen LogP contribution in [0.5, 0.6) is 0 Å². The predicted octanol–water partition coefficient (Wildman–Crippen LogP) is 3.06. The molecule has 0 saturated heterocycles. The van der Waals surface area contributed by atoms with Gasteiger partial charge >= 0.3 is 0 Å². The normalized spacial score (nSPS) is 11.7. The van der Waals surface area contributed by atoms with Gasteiger partial charge in [0.1, 0.15) is 0 Å². The highest BCUT2D eigenvalue weighted by Crippen LogP contribution is 2.28. The molecule has 22 heavy (non-hydrogen) atoms. The number of hydrogen-bond donors (Lipinski definition) is 1. The van der Waals surface area contributed by atoms with E-state index in [1.165, 1.54) is 11.8 Å². The van der Waals surface area contributed by atoms with Gasteiger partial charge in [-0.3, -0.25) is 9.36 Å². The van der Waals surface area contributed by atoms with Gasteiger partial charge in [-0.25, -0.2) is 4.98 Å². The van der Waals surface area contributed by atoms with Crippen LogP contribution in [-0.4, -0.2) is 27.3 Å². The van der Waals surface area contributed by atoms with Crippen molar-refractivity contribution in [1.82, 2.24) is 14.9 Å². The summed E-state index contributed by atoms with van der Waals surface area (Å²) in [6.45, 7) is 4.00. The third kappa shape index (κ3) is 3.65. The van der Waals surface area contributed by atoms with Crippen LogP contribution < -0.4 is 5.32 Å². The molecule has 1 atom stereocenters. The number of benzene rings is 1. The lowest BCUT2D eigenvalue weighted by Gasteiger charge is -2.14. The molecular formula is C16H16ClN3OS. The smallest absolute Gasteiger partial charge is 0.234 e. The molecule has 1 unspecified atom stereocenters. The largest absolute Gasteiger partial charge is 0.344 e. The third-order valence-electron chi connectivity index (χ3n) is 3.12. The van der Waals surface area contributed by atoms with Gasteiger partial charge in [-0.1, -0.05) is 35.3 Å². The van der Waals surface area contributed by atoms with Gasteiger partial charge in [0, 0.05) is 17.4 Å². The van der Waals surface area contributed by atoms with Gasteiger partial charge in [0.15, 0.2) is 5.16 Å². The van der Waals surface area contributed by atoms with Crippen LogP contribution in [0.25, 0.3) is 5.69 Å². The fraction of sp³-hybridized carbons (Fsp3) is 0.250. The maximum atomic E-state index is 11.9. The molecule has 1 aromatic heterocycles. The first kappa shape index (κ1) is 16.5. The molecule has 0 saturated carbocycles. The lowest BCUT2D eigenvalue weighted by molar-refractivity contribution is -0.120. The zero-order valence-corrected chi connectivity index (χ0v) is 13.9. The van der Waals surface area contributed by atoms with E-state index >= 15 is 0 Å². The molecular weight excluding hydrogens is 318 g/mol. The molecule has 0 aliphatic rings. The summed E-state index contributed by atoms with van der Waals surface area (Å²) in [5.41, 5.74) is 1.91. The maximum Gasteiger partial charge on any atom is 0.234 e. The van der Waals surface area contributed by atoms with Crippen molar-refractivity contribution in [1.29, 1.82) is 0 Å². The Morgan fingerprint density at radius 1 is 1.59 bits per heavy atom. The summed E-state index contributed by atoms with van der Waals surface area (Å²) in [6.07, 6.45) is 8.70. The van der Waals surface area contributed by atoms with Crippen LogP contribution in [0.3, 0.4) is 0 Å². The standard InChI is InChI=1S/C16H16ClN3OS/c1-4-8-18-15(21)12(3)22-16-19-9-10-20(16)14-7-5-6-13(17)11(14)2/h1,5-7,9-10,12H,8H2,2-3H3,(H,18,21). The summed E-state index contributed by atoms with van der Waals surface area (Å²) < 4.78 is 1.93. The number of thioether (sulfide) groups is 1. The lowest BCUT2D eigenvalue weighted by Crippen LogP contribution is -2.31. The number of terminal acetylenes is 1. The van der Waals surface area contributed by atoms with E-state index in [1.54, 1.807) is 6.20 Å². The first-order valence-corrected chi connectivity index (χ1v) is 7.97. The molecule has 4 nitrogen and oxygen atoms in total. The second-order valence-corrected chi connectivity index (χ2v) is 6.36. The second-order valence-electron chi connectivity index (χ2n) is 4.65. The highest BCUT2D eigenvalue weighted by atomic mass is 35.5. The molecule has 0 radical (unpaired) electrons. The van der Waals surface area contributed by atoms with Crippen molar-refractivity contribution in [2.75, 3.05) is 6.54 Å². The van der Waals surface area contributed by atoms with Gasteiger partial charge in [-0.2, -0.15) is 0 Å². The van der Waals surface area contributed by atoms with Crippen molar-refractivity contribution in [3.8, 4) is 18.0 Å². The molecule has 0 aliphatic heterocycles. The van der Waals surface area contributed by atoms with Crippen molar-refractivity contribution in [2.24, 2.45) is 0 Å². The number of halogens is 1. The summed E-state index contributed by atoms with van der Waals surface area (Å²) in [5.74, 6) is 2.28. The molecule has 0 aliphatic carbocycles. The van der Waals surface area contributed by atoms with Crippen LogP contribution >= 0.6 is 23.4 Å². The first-order valence-electron chi connectivity index (χ1n) is 6.71. The lowest BCUT2D eigenvalue weighted by atomic mass is 10.2. The van der Waals surface area contributed by atoms with Crippen LogP contribution in [0.1, 0.15) is 12.5 Å². The van der Waals surface area contributed by atoms with E-state index in [1.807, 2.05) is 42.8 Å². The van der Waals surface area contributed by atoms with E-state index in [0.29, 0.717) is 5.02 Å². The van der Waals surface area contributed by atoms with E-state index in [4.69, 9.17) is 18.0 Å². The first-order chi connectivity index (χ1) is 10.5. The van der Waals surface area contributed by atoms with Gasteiger partial charge < -0.3 is 5.32 Å². The zero-order valence-electron chi connectivity index (χ0n) is 12.3. The highest BCUT2D eigenvalue weighted by Gasteiger charge is 2.18. The molecule has 2 rings (SSSR count). The Balaban J connectivity index is 2.22. The number of nitrogens with one attached hydrogen (secondary N) is 1. The average Bonchev–Trinajstić information content (AvgIpc) is 2.95. The van der Waals surface area contributed by atoms with Crippen LogP contribution in [0, 0.1) is 19.3 Å². The number of rotatable bonds is 5. The fourth-order valence-electron chi connectivity index (χ4n) is 1.91. The van der Waals surface area contributed by atoms with E-state index < -0.39 is 0 Å². The predicted molar refractivity (Wildman–Crippen MR) is 90.5 cm³/mol. The number of carbonyl (C=O) groups is 1. The number of nitrogens with zero attached hydrogens (tertiary/aromatic N) is 2. The molecule has 1 heterocycles. The van der Waals surface area contributed by atoms with Crippen LogP contribution in [0.2, 0.25) is 5.02 Å². The fourth-order valence-corrected chi connectivity index (χ4v) is 2.98. The molecule has 1 N–H and O–H groups in total. The Morgan fingerprint density at radius 2 is 2.36 bits per heavy atom. The van der Waals surface area contributed by atoms with Crippen molar-refractivity contribution >= 4 is 29.3 Å². The number of imidazole rings is 1. The topological polar surface area (TPSA) is 46.9 Å². The minimum atomic E-state index is -0.297. The SMILES string of the molecule is C#CCNC(=O)C(C)Sc1nccn1-c1cccc(Cl)c1C. The molecule has 0 bridgehead atoms. The third-order valence-corrected chi connectivity index (χ3v) is 4.61. The van der Waals surface area contributed by atoms with E-state index in [0.717, 1.165) is 16.4 Å². The van der Waals surface area contributed by atoms with Crippen LogP contribution in [0.4, 0.5) is 0 Å². The molecule has 0 spiro atoms. The Kier molecular flexibility index (Phi) is 5.53. The van der Waals surface area contributed by atoms with Crippen molar-refractivity contribution < 1.29 is 4.79 Å². The monoisotopic (exact) mass is 333 g/mol. The van der Waals surface area contributed by atoms with Crippen LogP contribution in [0.15, 0.2) is 35.7 Å². The number of aromatic nitrogens is 2. The molecule has 114 valence electrons. The summed E-state index contributed by atoms with van der Waals surface area (Å²) in [7, 11) is 0. The zero-order chi connectivity index (χ0) is 16.1. The van der Waals surface area contributed by atoms with Gasteiger partial charge in [0.05, 0.1) is 17.5 Å². The number of hydrogen-bond acceptors (Lipinski definition) is 3. The highest BCUT2D eigenvalue weighted by molar-refractivity contribution is 8.00. The summed E-state index contributed by atoms with van der Waals surface area (Å²) >= 11 is 7.55. The van der Waals surface area contributed by atoms with Crippen molar-refractivity contribution in [2.45, 2.75) is 24.3 Å². The van der Waals surface area contributed by atoms with Gasteiger partial charge in [-0.05, 0) is 31.5 Å². The van der Waals surface area contributed by atoms with Gasteiger partial charge in [0.2, 0.25) is 5.91 Å². The summed E-state index contributed by atoms with van der Waals surface area (Å²) in [5, 5.41) is 3.80. The Labute approximate surface area is 139 Å². The van der Waals surface area contributed by atoms with Gasteiger partial charge in [0.25, 0.3) is 0 Å². The summed E-state index contributed by atoms with van der Waals surface area (Å²) in [4.78, 5) is 16.2. The number of amides is 1. The van der Waals surface area contributed by atoms with E-state index in [2.05, 4.69) is 16.2 Å². The minimum Gasteiger partial charge on any atom is -0.344 e. The van der Waals surface area contributed by atoms with E-state index in [-0.39, 0.29) is 17.7 Å². The Bertz CT molecular complexity index is 720. The molecule has 2 aromatic rings. The average molecular weight is 334 g/mol. The number of carbonyl (C=O) groups excluding carboxylic acids is 1. The Hall–Kier alpha value is -1.90. The van der Waals surface area contributed by atoms with Crippen molar-refractivity contribution in [3.63, 3.8) is 0 Å². The van der Waals surface area contributed by atoms with Gasteiger partial charge in [-0.15, -0.1) is 6.42 Å². The quantitative estimate of drug-likeness (QED) is 0.675. The van der Waals surface area contributed by atoms with Crippen molar-refractivity contribution in [3.05, 3.63) is 41.2 Å². The molecule has 0 fully saturated rings. The van der Waals surface area contributed by atoms with E-state index in [9.17, 15) is 4.79 Å². The summed E-state index contributed by atoms with van der Waals surface area (Å²) in [6, 6.07) is 5.71. The maximum absolute atomic E-state index is 11.9.